The van der Waals surface area contributed by atoms with E-state index in [-0.39, 0.29) is 16.4 Å². The van der Waals surface area contributed by atoms with Crippen molar-refractivity contribution in [2.24, 2.45) is 0 Å². The van der Waals surface area contributed by atoms with Crippen LogP contribution in [-0.2, 0) is 6.42 Å². The topological polar surface area (TPSA) is 32.9 Å². The first-order valence-corrected chi connectivity index (χ1v) is 7.08. The van der Waals surface area contributed by atoms with Gasteiger partial charge in [-0.1, -0.05) is 36.7 Å². The summed E-state index contributed by atoms with van der Waals surface area (Å²) >= 11 is 5.72. The summed E-state index contributed by atoms with van der Waals surface area (Å²) in [7, 11) is 0. The van der Waals surface area contributed by atoms with Gasteiger partial charge in [0.2, 0.25) is 0 Å². The molecule has 0 spiro atoms. The third-order valence-corrected chi connectivity index (χ3v) is 3.84. The van der Waals surface area contributed by atoms with Crippen LogP contribution in [0, 0.1) is 5.82 Å². The zero-order chi connectivity index (χ0) is 15.0. The number of carbonyl (C=O) groups excluding carboxylic acids is 1. The Balaban J connectivity index is 2.14. The monoisotopic (exact) mass is 301 g/mol. The molecule has 0 aliphatic rings. The van der Waals surface area contributed by atoms with E-state index in [4.69, 9.17) is 11.6 Å². The second-order valence-electron chi connectivity index (χ2n) is 4.85. The van der Waals surface area contributed by atoms with Gasteiger partial charge in [-0.3, -0.25) is 4.79 Å². The number of halogens is 2. The Hall–Kier alpha value is -2.13. The van der Waals surface area contributed by atoms with E-state index in [0.29, 0.717) is 5.56 Å². The van der Waals surface area contributed by atoms with Crippen molar-refractivity contribution in [3.8, 4) is 0 Å². The van der Waals surface area contributed by atoms with Crippen LogP contribution in [0.3, 0.4) is 0 Å². The van der Waals surface area contributed by atoms with Gasteiger partial charge < -0.3 is 4.98 Å². The standard InChI is InChI=1S/C17H13ClFNO/c1-2-10-4-3-5-12-14(9-20-16(10)12)17(21)13-7-6-11(18)8-15(13)19/h3-9,20H,2H2,1H3. The Morgan fingerprint density at radius 1 is 1.24 bits per heavy atom. The number of para-hydroxylation sites is 1. The first-order valence-electron chi connectivity index (χ1n) is 6.70. The van der Waals surface area contributed by atoms with Gasteiger partial charge in [0.15, 0.2) is 5.78 Å². The van der Waals surface area contributed by atoms with Gasteiger partial charge in [-0.05, 0) is 30.2 Å². The van der Waals surface area contributed by atoms with E-state index in [1.807, 2.05) is 18.2 Å². The quantitative estimate of drug-likeness (QED) is 0.695. The molecular weight excluding hydrogens is 289 g/mol. The van der Waals surface area contributed by atoms with Crippen LogP contribution in [-0.4, -0.2) is 10.8 Å². The van der Waals surface area contributed by atoms with Gasteiger partial charge in [0.05, 0.1) is 5.56 Å². The number of hydrogen-bond acceptors (Lipinski definition) is 1. The molecule has 3 aromatic rings. The molecule has 0 radical (unpaired) electrons. The molecule has 0 unspecified atom stereocenters. The summed E-state index contributed by atoms with van der Waals surface area (Å²) in [5, 5.41) is 1.09. The number of fused-ring (bicyclic) bond motifs is 1. The van der Waals surface area contributed by atoms with E-state index >= 15 is 0 Å². The van der Waals surface area contributed by atoms with Gasteiger partial charge >= 0.3 is 0 Å². The lowest BCUT2D eigenvalue weighted by molar-refractivity contribution is 0.103. The molecule has 3 rings (SSSR count). The van der Waals surface area contributed by atoms with E-state index in [0.717, 1.165) is 29.0 Å². The predicted octanol–water partition coefficient (Wildman–Crippen LogP) is 4.75. The van der Waals surface area contributed by atoms with E-state index in [1.165, 1.54) is 12.1 Å². The van der Waals surface area contributed by atoms with Crippen molar-refractivity contribution in [1.29, 1.82) is 0 Å². The smallest absolute Gasteiger partial charge is 0.198 e. The lowest BCUT2D eigenvalue weighted by atomic mass is 10.0. The predicted molar refractivity (Wildman–Crippen MR) is 82.5 cm³/mol. The highest BCUT2D eigenvalue weighted by Gasteiger charge is 2.18. The molecule has 0 saturated carbocycles. The zero-order valence-electron chi connectivity index (χ0n) is 11.4. The fourth-order valence-electron chi connectivity index (χ4n) is 2.52. The van der Waals surface area contributed by atoms with Crippen LogP contribution in [0.15, 0.2) is 42.6 Å². The summed E-state index contributed by atoms with van der Waals surface area (Å²) in [4.78, 5) is 15.7. The number of aromatic amines is 1. The number of H-pyrrole nitrogens is 1. The summed E-state index contributed by atoms with van der Waals surface area (Å²) < 4.78 is 13.9. The van der Waals surface area contributed by atoms with Crippen molar-refractivity contribution in [2.75, 3.05) is 0 Å². The Morgan fingerprint density at radius 3 is 2.76 bits per heavy atom. The summed E-state index contributed by atoms with van der Waals surface area (Å²) in [6.07, 6.45) is 2.50. The number of carbonyl (C=O) groups is 1. The van der Waals surface area contributed by atoms with Gasteiger partial charge in [0, 0.05) is 27.7 Å². The summed E-state index contributed by atoms with van der Waals surface area (Å²) in [5.74, 6) is -0.947. The molecule has 0 fully saturated rings. The van der Waals surface area contributed by atoms with Crippen molar-refractivity contribution < 1.29 is 9.18 Å². The van der Waals surface area contributed by atoms with Gasteiger partial charge in [0.25, 0.3) is 0 Å². The van der Waals surface area contributed by atoms with Crippen LogP contribution in [0.4, 0.5) is 4.39 Å². The van der Waals surface area contributed by atoms with Crippen molar-refractivity contribution in [3.05, 3.63) is 70.1 Å². The molecule has 0 bridgehead atoms. The maximum absolute atomic E-state index is 13.9. The van der Waals surface area contributed by atoms with Gasteiger partial charge in [-0.15, -0.1) is 0 Å². The minimum Gasteiger partial charge on any atom is -0.360 e. The first-order chi connectivity index (χ1) is 10.1. The first kappa shape index (κ1) is 13.8. The van der Waals surface area contributed by atoms with Crippen molar-refractivity contribution in [1.82, 2.24) is 4.98 Å². The Kier molecular flexibility index (Phi) is 3.52. The number of ketones is 1. The zero-order valence-corrected chi connectivity index (χ0v) is 12.2. The summed E-state index contributed by atoms with van der Waals surface area (Å²) in [5.41, 5.74) is 2.56. The molecule has 106 valence electrons. The number of aryl methyl sites for hydroxylation is 1. The molecular formula is C17H13ClFNO. The molecule has 0 atom stereocenters. The molecule has 1 heterocycles. The number of rotatable bonds is 3. The van der Waals surface area contributed by atoms with E-state index in [1.54, 1.807) is 6.20 Å². The van der Waals surface area contributed by atoms with Crippen LogP contribution in [0.25, 0.3) is 10.9 Å². The van der Waals surface area contributed by atoms with Gasteiger partial charge in [0.1, 0.15) is 5.82 Å². The van der Waals surface area contributed by atoms with Crippen LogP contribution in [0.5, 0.6) is 0 Å². The van der Waals surface area contributed by atoms with Gasteiger partial charge in [-0.2, -0.15) is 0 Å². The third kappa shape index (κ3) is 2.34. The molecule has 0 aliphatic carbocycles. The average molecular weight is 302 g/mol. The maximum Gasteiger partial charge on any atom is 0.198 e. The molecule has 1 N–H and O–H groups in total. The highest BCUT2D eigenvalue weighted by molar-refractivity contribution is 6.30. The Bertz CT molecular complexity index is 838. The van der Waals surface area contributed by atoms with E-state index in [9.17, 15) is 9.18 Å². The van der Waals surface area contributed by atoms with Crippen LogP contribution >= 0.6 is 11.6 Å². The second-order valence-corrected chi connectivity index (χ2v) is 5.29. The SMILES string of the molecule is CCc1cccc2c(C(=O)c3ccc(Cl)cc3F)c[nH]c12. The number of hydrogen-bond donors (Lipinski definition) is 1. The average Bonchev–Trinajstić information content (AvgIpc) is 2.90. The van der Waals surface area contributed by atoms with Crippen molar-refractivity contribution in [3.63, 3.8) is 0 Å². The fourth-order valence-corrected chi connectivity index (χ4v) is 2.68. The molecule has 1 aromatic heterocycles. The Labute approximate surface area is 126 Å². The molecule has 0 amide bonds. The van der Waals surface area contributed by atoms with Crippen molar-refractivity contribution >= 4 is 28.3 Å². The van der Waals surface area contributed by atoms with Crippen LogP contribution in [0.1, 0.15) is 28.4 Å². The largest absolute Gasteiger partial charge is 0.360 e. The minimum absolute atomic E-state index is 0.0298. The number of nitrogens with one attached hydrogen (secondary N) is 1. The number of benzene rings is 2. The lowest BCUT2D eigenvalue weighted by Crippen LogP contribution is -2.03. The lowest BCUT2D eigenvalue weighted by Gasteiger charge is -2.03. The fraction of sp³-hybridized carbons (Fsp3) is 0.118. The molecule has 4 heteroatoms. The van der Waals surface area contributed by atoms with Crippen molar-refractivity contribution in [2.45, 2.75) is 13.3 Å². The molecule has 21 heavy (non-hydrogen) atoms. The molecule has 0 saturated heterocycles. The summed E-state index contributed by atoms with van der Waals surface area (Å²) in [6.45, 7) is 2.05. The van der Waals surface area contributed by atoms with E-state index < -0.39 is 5.82 Å². The van der Waals surface area contributed by atoms with Gasteiger partial charge in [-0.25, -0.2) is 4.39 Å². The molecule has 2 aromatic carbocycles. The minimum atomic E-state index is -0.603. The molecule has 2 nitrogen and oxygen atoms in total. The normalized spacial score (nSPS) is 11.0. The third-order valence-electron chi connectivity index (χ3n) is 3.60. The highest BCUT2D eigenvalue weighted by Crippen LogP contribution is 2.26. The number of aromatic nitrogens is 1. The second kappa shape index (κ2) is 5.34. The van der Waals surface area contributed by atoms with Crippen LogP contribution < -0.4 is 0 Å². The summed E-state index contributed by atoms with van der Waals surface area (Å²) in [6, 6.07) is 9.87. The molecule has 0 aliphatic heterocycles. The van der Waals surface area contributed by atoms with E-state index in [2.05, 4.69) is 11.9 Å². The highest BCUT2D eigenvalue weighted by atomic mass is 35.5. The maximum atomic E-state index is 13.9. The Morgan fingerprint density at radius 2 is 2.05 bits per heavy atom. The van der Waals surface area contributed by atoms with Crippen LogP contribution in [0.2, 0.25) is 5.02 Å².